The quantitative estimate of drug-likeness (QED) is 0.261. The number of carbonyl (C=O) groups is 3. The van der Waals surface area contributed by atoms with E-state index < -0.39 is 35.3 Å². The van der Waals surface area contributed by atoms with Crippen molar-refractivity contribution in [1.29, 1.82) is 0 Å². The van der Waals surface area contributed by atoms with Gasteiger partial charge in [0.2, 0.25) is 0 Å². The van der Waals surface area contributed by atoms with E-state index in [1.54, 1.807) is 19.9 Å². The Kier molecular flexibility index (Phi) is 7.56. The normalized spacial score (nSPS) is 20.2. The second-order valence-electron chi connectivity index (χ2n) is 8.97. The molecule has 0 spiro atoms. The number of nitrogens with zero attached hydrogens (tertiary/aromatic N) is 2. The van der Waals surface area contributed by atoms with E-state index >= 15 is 0 Å². The topological polar surface area (TPSA) is 112 Å². The van der Waals surface area contributed by atoms with Gasteiger partial charge in [0.25, 0.3) is 11.7 Å². The average molecular weight is 500 g/mol. The van der Waals surface area contributed by atoms with Gasteiger partial charge >= 0.3 is 5.97 Å². The van der Waals surface area contributed by atoms with Crippen LogP contribution >= 0.6 is 0 Å². The third-order valence-corrected chi connectivity index (χ3v) is 6.75. The zero-order valence-electron chi connectivity index (χ0n) is 20.6. The van der Waals surface area contributed by atoms with Crippen molar-refractivity contribution in [2.75, 3.05) is 46.5 Å². The highest BCUT2D eigenvalue weighted by Gasteiger charge is 2.46. The summed E-state index contributed by atoms with van der Waals surface area (Å²) in [6.07, 6.45) is 0.591. The number of aromatic amines is 1. The molecule has 192 valence electrons. The SMILES string of the molecule is COC(=O)c1[nH]c(C)c(/C(O)=C2\C(=O)C(=O)N(CCCN3CCOCC3)C2c2cccc(F)c2)c1C. The molecular weight excluding hydrogens is 469 g/mol. The number of carbonyl (C=O) groups excluding carboxylic acids is 3. The van der Waals surface area contributed by atoms with Crippen molar-refractivity contribution < 1.29 is 33.4 Å². The predicted octanol–water partition coefficient (Wildman–Crippen LogP) is 2.70. The van der Waals surface area contributed by atoms with Crippen LogP contribution in [0.2, 0.25) is 0 Å². The van der Waals surface area contributed by atoms with Crippen molar-refractivity contribution in [1.82, 2.24) is 14.8 Å². The number of ether oxygens (including phenoxy) is 2. The van der Waals surface area contributed by atoms with Crippen LogP contribution in [0.1, 0.15) is 45.3 Å². The lowest BCUT2D eigenvalue weighted by Crippen LogP contribution is -2.39. The fourth-order valence-electron chi connectivity index (χ4n) is 4.97. The summed E-state index contributed by atoms with van der Waals surface area (Å²) in [5.74, 6) is -3.17. The molecule has 0 aliphatic carbocycles. The summed E-state index contributed by atoms with van der Waals surface area (Å²) in [7, 11) is 1.24. The van der Waals surface area contributed by atoms with Gasteiger partial charge in [0.1, 0.15) is 17.3 Å². The molecular formula is C26H30FN3O6. The molecule has 36 heavy (non-hydrogen) atoms. The van der Waals surface area contributed by atoms with Gasteiger partial charge in [-0.15, -0.1) is 0 Å². The summed E-state index contributed by atoms with van der Waals surface area (Å²) in [5, 5.41) is 11.4. The fraction of sp³-hybridized carbons (Fsp3) is 0.423. The number of aromatic nitrogens is 1. The summed E-state index contributed by atoms with van der Waals surface area (Å²) in [6.45, 7) is 7.10. The monoisotopic (exact) mass is 499 g/mol. The van der Waals surface area contributed by atoms with Crippen LogP contribution in [0.3, 0.4) is 0 Å². The Morgan fingerprint density at radius 1 is 1.22 bits per heavy atom. The number of amides is 1. The zero-order chi connectivity index (χ0) is 26.0. The smallest absolute Gasteiger partial charge is 0.354 e. The second-order valence-corrected chi connectivity index (χ2v) is 8.97. The highest BCUT2D eigenvalue weighted by Crippen LogP contribution is 2.41. The molecule has 1 amide bonds. The Morgan fingerprint density at radius 3 is 2.61 bits per heavy atom. The summed E-state index contributed by atoms with van der Waals surface area (Å²) in [4.78, 5) is 45.1. The predicted molar refractivity (Wildman–Crippen MR) is 129 cm³/mol. The lowest BCUT2D eigenvalue weighted by Gasteiger charge is -2.29. The largest absolute Gasteiger partial charge is 0.507 e. The number of aliphatic hydroxyl groups excluding tert-OH is 1. The number of halogens is 1. The standard InChI is InChI=1S/C26H30FN3O6/c1-15-19(16(2)28-21(15)26(34)35-3)23(31)20-22(17-6-4-7-18(27)14-17)30(25(33)24(20)32)9-5-8-29-10-12-36-13-11-29/h4,6-7,14,22,28,31H,5,8-13H2,1-3H3/b23-20+. The van der Waals surface area contributed by atoms with E-state index in [0.29, 0.717) is 43.0 Å². The highest BCUT2D eigenvalue weighted by atomic mass is 19.1. The fourth-order valence-corrected chi connectivity index (χ4v) is 4.97. The summed E-state index contributed by atoms with van der Waals surface area (Å²) < 4.78 is 24.4. The van der Waals surface area contributed by atoms with E-state index in [1.165, 1.54) is 30.2 Å². The molecule has 3 heterocycles. The van der Waals surface area contributed by atoms with Crippen molar-refractivity contribution in [3.63, 3.8) is 0 Å². The van der Waals surface area contributed by atoms with Gasteiger partial charge in [-0.1, -0.05) is 12.1 Å². The number of aryl methyl sites for hydroxylation is 1. The van der Waals surface area contributed by atoms with Crippen LogP contribution in [0.15, 0.2) is 29.8 Å². The van der Waals surface area contributed by atoms with Crippen molar-refractivity contribution in [2.45, 2.75) is 26.3 Å². The number of ketones is 1. The molecule has 0 bridgehead atoms. The first-order valence-electron chi connectivity index (χ1n) is 11.9. The molecule has 1 atom stereocenters. The number of methoxy groups -OCH3 is 1. The molecule has 2 aliphatic heterocycles. The second kappa shape index (κ2) is 10.6. The van der Waals surface area contributed by atoms with Gasteiger partial charge in [-0.05, 0) is 43.5 Å². The average Bonchev–Trinajstić information content (AvgIpc) is 3.31. The van der Waals surface area contributed by atoms with E-state index in [0.717, 1.165) is 13.1 Å². The number of esters is 1. The highest BCUT2D eigenvalue weighted by molar-refractivity contribution is 6.46. The Labute approximate surface area is 208 Å². The molecule has 4 rings (SSSR count). The molecule has 0 radical (unpaired) electrons. The van der Waals surface area contributed by atoms with Crippen LogP contribution in [0.5, 0.6) is 0 Å². The number of Topliss-reactive ketones (excluding diaryl/α,β-unsaturated/α-hetero) is 1. The number of likely N-dealkylation sites (tertiary alicyclic amines) is 1. The zero-order valence-corrected chi connectivity index (χ0v) is 20.6. The van der Waals surface area contributed by atoms with Crippen molar-refractivity contribution in [3.8, 4) is 0 Å². The van der Waals surface area contributed by atoms with Crippen LogP contribution in [0, 0.1) is 19.7 Å². The van der Waals surface area contributed by atoms with Gasteiger partial charge in [0.05, 0.1) is 31.9 Å². The lowest BCUT2D eigenvalue weighted by molar-refractivity contribution is -0.140. The Hall–Kier alpha value is -3.50. The summed E-state index contributed by atoms with van der Waals surface area (Å²) in [5.41, 5.74) is 1.43. The summed E-state index contributed by atoms with van der Waals surface area (Å²) >= 11 is 0. The number of nitrogens with one attached hydrogen (secondary N) is 1. The van der Waals surface area contributed by atoms with Gasteiger partial charge in [-0.25, -0.2) is 9.18 Å². The van der Waals surface area contributed by atoms with Crippen molar-refractivity contribution in [3.05, 3.63) is 63.7 Å². The Morgan fingerprint density at radius 2 is 1.94 bits per heavy atom. The van der Waals surface area contributed by atoms with E-state index in [1.807, 2.05) is 0 Å². The maximum atomic E-state index is 14.2. The first-order chi connectivity index (χ1) is 17.2. The first kappa shape index (κ1) is 25.6. The van der Waals surface area contributed by atoms with Crippen molar-refractivity contribution >= 4 is 23.4 Å². The van der Waals surface area contributed by atoms with Crippen LogP contribution < -0.4 is 0 Å². The molecule has 0 saturated carbocycles. The van der Waals surface area contributed by atoms with Gasteiger partial charge < -0.3 is 24.5 Å². The Balaban J connectivity index is 1.75. The first-order valence-corrected chi connectivity index (χ1v) is 11.9. The number of morpholine rings is 1. The van der Waals surface area contributed by atoms with Gasteiger partial charge in [0, 0.05) is 37.4 Å². The molecule has 2 fully saturated rings. The molecule has 10 heteroatoms. The lowest BCUT2D eigenvalue weighted by atomic mass is 9.94. The number of hydrogen-bond donors (Lipinski definition) is 2. The van der Waals surface area contributed by atoms with Crippen LogP contribution in [-0.4, -0.2) is 84.1 Å². The number of aliphatic hydroxyl groups is 1. The minimum Gasteiger partial charge on any atom is -0.507 e. The molecule has 2 saturated heterocycles. The third kappa shape index (κ3) is 4.78. The minimum atomic E-state index is -0.972. The molecule has 1 aromatic carbocycles. The number of benzene rings is 1. The third-order valence-electron chi connectivity index (χ3n) is 6.75. The van der Waals surface area contributed by atoms with E-state index in [9.17, 15) is 23.9 Å². The Bertz CT molecular complexity index is 1210. The number of hydrogen-bond acceptors (Lipinski definition) is 7. The van der Waals surface area contributed by atoms with Crippen molar-refractivity contribution in [2.24, 2.45) is 0 Å². The molecule has 1 unspecified atom stereocenters. The van der Waals surface area contributed by atoms with E-state index in [2.05, 4.69) is 9.88 Å². The van der Waals surface area contributed by atoms with Crippen LogP contribution in [-0.2, 0) is 19.1 Å². The molecule has 2 aliphatic rings. The van der Waals surface area contributed by atoms with Crippen LogP contribution in [0.25, 0.3) is 5.76 Å². The summed E-state index contributed by atoms with van der Waals surface area (Å²) in [6, 6.07) is 4.69. The molecule has 1 aromatic heterocycles. The molecule has 2 N–H and O–H groups in total. The molecule has 9 nitrogen and oxygen atoms in total. The minimum absolute atomic E-state index is 0.138. The number of H-pyrrole nitrogens is 1. The van der Waals surface area contributed by atoms with E-state index in [-0.39, 0.29) is 23.4 Å². The van der Waals surface area contributed by atoms with Gasteiger partial charge in [-0.2, -0.15) is 0 Å². The van der Waals surface area contributed by atoms with Gasteiger partial charge in [0.15, 0.2) is 0 Å². The van der Waals surface area contributed by atoms with E-state index in [4.69, 9.17) is 9.47 Å². The maximum absolute atomic E-state index is 14.2. The maximum Gasteiger partial charge on any atom is 0.354 e. The number of rotatable bonds is 7. The van der Waals surface area contributed by atoms with Gasteiger partial charge in [-0.3, -0.25) is 14.5 Å². The molecule has 2 aromatic rings. The van der Waals surface area contributed by atoms with Crippen LogP contribution in [0.4, 0.5) is 4.39 Å².